The van der Waals surface area contributed by atoms with E-state index in [-0.39, 0.29) is 36.6 Å². The van der Waals surface area contributed by atoms with Crippen molar-refractivity contribution in [2.24, 2.45) is 23.5 Å². The molecule has 1 amide bonds. The van der Waals surface area contributed by atoms with Crippen LogP contribution in [-0.2, 0) is 11.3 Å². The van der Waals surface area contributed by atoms with Crippen LogP contribution in [0.2, 0.25) is 0 Å². The van der Waals surface area contributed by atoms with Gasteiger partial charge in [-0.25, -0.2) is 0 Å². The molecule has 1 aromatic carbocycles. The number of fused-ring (bicyclic) bond motifs is 3. The van der Waals surface area contributed by atoms with Gasteiger partial charge in [-0.1, -0.05) is 30.7 Å². The number of nitrogens with one attached hydrogen (secondary N) is 1. The number of amides is 1. The van der Waals surface area contributed by atoms with Gasteiger partial charge in [0.25, 0.3) is 0 Å². The summed E-state index contributed by atoms with van der Waals surface area (Å²) in [6.45, 7) is 0.547. The minimum Gasteiger partial charge on any atom is -0.352 e. The Morgan fingerprint density at radius 2 is 1.81 bits per heavy atom. The molecule has 2 bridgehead atoms. The highest BCUT2D eigenvalue weighted by molar-refractivity contribution is 5.85. The first-order valence-corrected chi connectivity index (χ1v) is 9.08. The number of halogens is 2. The van der Waals surface area contributed by atoms with Gasteiger partial charge in [-0.2, -0.15) is 0 Å². The van der Waals surface area contributed by atoms with Gasteiger partial charge >= 0.3 is 0 Å². The van der Waals surface area contributed by atoms with Crippen LogP contribution in [0.25, 0.3) is 10.9 Å². The number of nitrogens with zero attached hydrogens (tertiary/aromatic N) is 1. The second-order valence-corrected chi connectivity index (χ2v) is 7.41. The van der Waals surface area contributed by atoms with E-state index in [4.69, 9.17) is 5.73 Å². The number of carbonyl (C=O) groups excluding carboxylic acids is 1. The second kappa shape index (κ2) is 9.03. The van der Waals surface area contributed by atoms with Crippen LogP contribution < -0.4 is 11.1 Å². The SMILES string of the molecule is Cl.Cl.NC1C2CCCC1CC(C(=O)NCc1cccc3cccnc13)C2. The number of pyridine rings is 1. The molecule has 0 aliphatic heterocycles. The Morgan fingerprint density at radius 1 is 1.12 bits per heavy atom. The fraction of sp³-hybridized carbons (Fsp3) is 0.500. The molecule has 2 fully saturated rings. The van der Waals surface area contributed by atoms with E-state index in [1.54, 1.807) is 6.20 Å². The minimum atomic E-state index is 0. The van der Waals surface area contributed by atoms with Crippen molar-refractivity contribution >= 4 is 41.6 Å². The van der Waals surface area contributed by atoms with Crippen LogP contribution in [0.5, 0.6) is 0 Å². The third-order valence-corrected chi connectivity index (χ3v) is 5.95. The van der Waals surface area contributed by atoms with Gasteiger partial charge in [-0.15, -0.1) is 24.8 Å². The van der Waals surface area contributed by atoms with Crippen molar-refractivity contribution in [2.75, 3.05) is 0 Å². The summed E-state index contributed by atoms with van der Waals surface area (Å²) in [5.74, 6) is 1.38. The standard InChI is InChI=1S/C20H25N3O.2ClH/c21-18-14-5-2-6-15(18)11-17(10-14)20(24)23-12-16-7-1-4-13-8-3-9-22-19(13)16;;/h1,3-4,7-9,14-15,17-18H,2,5-6,10-12,21H2,(H,23,24);2*1H. The highest BCUT2D eigenvalue weighted by atomic mass is 35.5. The Balaban J connectivity index is 0.00000121. The van der Waals surface area contributed by atoms with E-state index < -0.39 is 0 Å². The Kier molecular flexibility index (Phi) is 7.27. The number of hydrogen-bond donors (Lipinski definition) is 2. The molecule has 142 valence electrons. The predicted molar refractivity (Wildman–Crippen MR) is 110 cm³/mol. The molecule has 1 heterocycles. The maximum atomic E-state index is 12.7. The molecule has 2 atom stereocenters. The van der Waals surface area contributed by atoms with Crippen molar-refractivity contribution < 1.29 is 4.79 Å². The maximum Gasteiger partial charge on any atom is 0.223 e. The fourth-order valence-electron chi connectivity index (χ4n) is 4.64. The number of aromatic nitrogens is 1. The van der Waals surface area contributed by atoms with Crippen molar-refractivity contribution in [3.05, 3.63) is 42.1 Å². The molecule has 0 saturated heterocycles. The molecule has 2 aromatic rings. The zero-order valence-corrected chi connectivity index (χ0v) is 16.4. The number of hydrogen-bond acceptors (Lipinski definition) is 3. The van der Waals surface area contributed by atoms with Gasteiger partial charge in [0.1, 0.15) is 0 Å². The summed E-state index contributed by atoms with van der Waals surface area (Å²) < 4.78 is 0. The van der Waals surface area contributed by atoms with E-state index in [1.165, 1.54) is 19.3 Å². The summed E-state index contributed by atoms with van der Waals surface area (Å²) >= 11 is 0. The molecule has 0 spiro atoms. The molecule has 2 saturated carbocycles. The van der Waals surface area contributed by atoms with Crippen LogP contribution in [0.15, 0.2) is 36.5 Å². The summed E-state index contributed by atoms with van der Waals surface area (Å²) in [6, 6.07) is 10.4. The molecular weight excluding hydrogens is 369 g/mol. The normalized spacial score (nSPS) is 27.1. The number of para-hydroxylation sites is 1. The van der Waals surface area contributed by atoms with Crippen LogP contribution in [0, 0.1) is 17.8 Å². The van der Waals surface area contributed by atoms with Gasteiger partial charge in [0, 0.05) is 30.1 Å². The lowest BCUT2D eigenvalue weighted by atomic mass is 9.65. The maximum absolute atomic E-state index is 12.7. The van der Waals surface area contributed by atoms with Gasteiger partial charge in [0.05, 0.1) is 5.52 Å². The minimum absolute atomic E-state index is 0. The Labute approximate surface area is 167 Å². The van der Waals surface area contributed by atoms with E-state index in [0.717, 1.165) is 29.3 Å². The van der Waals surface area contributed by atoms with E-state index in [9.17, 15) is 4.79 Å². The first kappa shape index (κ1) is 20.9. The molecule has 26 heavy (non-hydrogen) atoms. The molecule has 0 radical (unpaired) electrons. The van der Waals surface area contributed by atoms with E-state index >= 15 is 0 Å². The molecular formula is C20H27Cl2N3O. The smallest absolute Gasteiger partial charge is 0.223 e. The number of nitrogens with two attached hydrogens (primary N) is 1. The van der Waals surface area contributed by atoms with Gasteiger partial charge in [0.2, 0.25) is 5.91 Å². The van der Waals surface area contributed by atoms with Gasteiger partial charge in [-0.05, 0) is 49.1 Å². The average molecular weight is 396 g/mol. The molecule has 2 aliphatic carbocycles. The Morgan fingerprint density at radius 3 is 2.54 bits per heavy atom. The van der Waals surface area contributed by atoms with Crippen molar-refractivity contribution in [1.29, 1.82) is 0 Å². The number of carbonyl (C=O) groups is 1. The fourth-order valence-corrected chi connectivity index (χ4v) is 4.64. The molecule has 1 aromatic heterocycles. The van der Waals surface area contributed by atoms with Gasteiger partial charge in [-0.3, -0.25) is 9.78 Å². The number of rotatable bonds is 3. The first-order chi connectivity index (χ1) is 11.7. The molecule has 2 unspecified atom stereocenters. The Hall–Kier alpha value is -1.36. The predicted octanol–water partition coefficient (Wildman–Crippen LogP) is 3.85. The van der Waals surface area contributed by atoms with E-state index in [1.807, 2.05) is 18.2 Å². The van der Waals surface area contributed by atoms with Crippen LogP contribution in [0.3, 0.4) is 0 Å². The lowest BCUT2D eigenvalue weighted by molar-refractivity contribution is -0.128. The van der Waals surface area contributed by atoms with Crippen LogP contribution >= 0.6 is 24.8 Å². The van der Waals surface area contributed by atoms with Crippen molar-refractivity contribution in [2.45, 2.75) is 44.7 Å². The second-order valence-electron chi connectivity index (χ2n) is 7.41. The van der Waals surface area contributed by atoms with E-state index in [2.05, 4.69) is 22.4 Å². The van der Waals surface area contributed by atoms with Gasteiger partial charge < -0.3 is 11.1 Å². The third kappa shape index (κ3) is 4.13. The highest BCUT2D eigenvalue weighted by Crippen LogP contribution is 2.41. The summed E-state index contributed by atoms with van der Waals surface area (Å²) in [6.07, 6.45) is 7.37. The summed E-state index contributed by atoms with van der Waals surface area (Å²) in [7, 11) is 0. The number of benzene rings is 1. The summed E-state index contributed by atoms with van der Waals surface area (Å²) in [4.78, 5) is 17.1. The molecule has 4 rings (SSSR count). The van der Waals surface area contributed by atoms with Crippen LogP contribution in [0.1, 0.15) is 37.7 Å². The zero-order valence-electron chi connectivity index (χ0n) is 14.8. The average Bonchev–Trinajstić information content (AvgIpc) is 2.59. The highest BCUT2D eigenvalue weighted by Gasteiger charge is 2.40. The molecule has 2 aliphatic rings. The van der Waals surface area contributed by atoms with Crippen LogP contribution in [-0.4, -0.2) is 16.9 Å². The van der Waals surface area contributed by atoms with Gasteiger partial charge in [0.15, 0.2) is 0 Å². The lowest BCUT2D eigenvalue weighted by Gasteiger charge is -2.43. The van der Waals surface area contributed by atoms with Crippen molar-refractivity contribution in [1.82, 2.24) is 10.3 Å². The largest absolute Gasteiger partial charge is 0.352 e. The molecule has 4 nitrogen and oxygen atoms in total. The Bertz CT molecular complexity index is 735. The zero-order chi connectivity index (χ0) is 16.5. The molecule has 6 heteroatoms. The molecule has 3 N–H and O–H groups in total. The van der Waals surface area contributed by atoms with Crippen LogP contribution in [0.4, 0.5) is 0 Å². The topological polar surface area (TPSA) is 68.0 Å². The quantitative estimate of drug-likeness (QED) is 0.828. The third-order valence-electron chi connectivity index (χ3n) is 5.95. The van der Waals surface area contributed by atoms with Crippen molar-refractivity contribution in [3.8, 4) is 0 Å². The van der Waals surface area contributed by atoms with Crippen molar-refractivity contribution in [3.63, 3.8) is 0 Å². The monoisotopic (exact) mass is 395 g/mol. The summed E-state index contributed by atoms with van der Waals surface area (Å²) in [5, 5.41) is 4.26. The first-order valence-electron chi connectivity index (χ1n) is 9.08. The van der Waals surface area contributed by atoms with E-state index in [0.29, 0.717) is 24.4 Å². The lowest BCUT2D eigenvalue weighted by Crippen LogP contribution is -2.49. The summed E-state index contributed by atoms with van der Waals surface area (Å²) in [5.41, 5.74) is 8.39.